The summed E-state index contributed by atoms with van der Waals surface area (Å²) >= 11 is 0. The van der Waals surface area contributed by atoms with Gasteiger partial charge in [-0.25, -0.2) is 0 Å². The van der Waals surface area contributed by atoms with Gasteiger partial charge < -0.3 is 20.3 Å². The molecule has 0 unspecified atom stereocenters. The van der Waals surface area contributed by atoms with Crippen LogP contribution < -0.4 is 5.73 Å². The van der Waals surface area contributed by atoms with Gasteiger partial charge in [0.25, 0.3) is 0 Å². The van der Waals surface area contributed by atoms with Crippen LogP contribution in [0.15, 0.2) is 18.2 Å². The van der Waals surface area contributed by atoms with E-state index < -0.39 is 0 Å². The van der Waals surface area contributed by atoms with Crippen LogP contribution in [0.1, 0.15) is 63.6 Å². The highest BCUT2D eigenvalue weighted by atomic mass is 16.6. The molecule has 0 aromatic heterocycles. The van der Waals surface area contributed by atoms with Crippen LogP contribution in [0.3, 0.4) is 0 Å². The number of hydrogen-bond acceptors (Lipinski definition) is 5. The summed E-state index contributed by atoms with van der Waals surface area (Å²) in [4.78, 5) is 12.1. The van der Waals surface area contributed by atoms with E-state index in [2.05, 4.69) is 52.8 Å². The van der Waals surface area contributed by atoms with Crippen LogP contribution in [0.25, 0.3) is 0 Å². The summed E-state index contributed by atoms with van der Waals surface area (Å²) in [7, 11) is 0. The average Bonchev–Trinajstić information content (AvgIpc) is 3.09. The highest BCUT2D eigenvalue weighted by Gasteiger charge is 2.39. The first-order chi connectivity index (χ1) is 14.2. The van der Waals surface area contributed by atoms with Crippen molar-refractivity contribution in [3.05, 3.63) is 34.9 Å². The maximum absolute atomic E-state index is 12.1. The number of aliphatic hydroxyl groups is 1. The summed E-state index contributed by atoms with van der Waals surface area (Å²) in [6.07, 6.45) is 4.25. The summed E-state index contributed by atoms with van der Waals surface area (Å²) in [6, 6.07) is 6.60. The van der Waals surface area contributed by atoms with E-state index in [-0.39, 0.29) is 30.8 Å². The Morgan fingerprint density at radius 3 is 2.60 bits per heavy atom. The molecule has 1 aromatic carbocycles. The van der Waals surface area contributed by atoms with E-state index in [1.54, 1.807) is 0 Å². The molecule has 3 N–H and O–H groups in total. The van der Waals surface area contributed by atoms with Gasteiger partial charge in [-0.05, 0) is 73.5 Å². The lowest BCUT2D eigenvalue weighted by Gasteiger charge is -2.27. The number of aryl methyl sites for hydroxylation is 2. The topological polar surface area (TPSA) is 81.8 Å². The summed E-state index contributed by atoms with van der Waals surface area (Å²) < 4.78 is 10.7. The number of cyclic esters (lactones) is 1. The van der Waals surface area contributed by atoms with Crippen molar-refractivity contribution in [3.63, 3.8) is 0 Å². The Balaban J connectivity index is 1.99. The Bertz CT molecular complexity index is 673. The van der Waals surface area contributed by atoms with Crippen LogP contribution in [0.4, 0.5) is 0 Å². The number of esters is 1. The maximum atomic E-state index is 12.1. The van der Waals surface area contributed by atoms with E-state index in [0.29, 0.717) is 24.4 Å². The normalized spacial score (nSPS) is 21.3. The van der Waals surface area contributed by atoms with Gasteiger partial charge in [0, 0.05) is 12.6 Å². The van der Waals surface area contributed by atoms with Crippen molar-refractivity contribution in [1.82, 2.24) is 0 Å². The smallest absolute Gasteiger partial charge is 0.309 e. The molecule has 0 radical (unpaired) electrons. The third kappa shape index (κ3) is 7.07. The summed E-state index contributed by atoms with van der Waals surface area (Å²) in [6.45, 7) is 11.1. The first-order valence-electron chi connectivity index (χ1n) is 11.5. The fourth-order valence-electron chi connectivity index (χ4n) is 4.38. The number of benzene rings is 1. The van der Waals surface area contributed by atoms with Gasteiger partial charge in [-0.15, -0.1) is 0 Å². The van der Waals surface area contributed by atoms with Crippen LogP contribution in [0, 0.1) is 30.6 Å². The van der Waals surface area contributed by atoms with E-state index in [9.17, 15) is 4.79 Å². The third-order valence-electron chi connectivity index (χ3n) is 6.59. The van der Waals surface area contributed by atoms with Crippen LogP contribution in [0.2, 0.25) is 0 Å². The Morgan fingerprint density at radius 1 is 1.27 bits per heavy atom. The summed E-state index contributed by atoms with van der Waals surface area (Å²) in [5.41, 5.74) is 10.5. The van der Waals surface area contributed by atoms with Gasteiger partial charge in [0.15, 0.2) is 0 Å². The molecule has 0 saturated carbocycles. The highest BCUT2D eigenvalue weighted by Crippen LogP contribution is 2.32. The Hall–Kier alpha value is -1.43. The second kappa shape index (κ2) is 11.8. The molecule has 0 amide bonds. The Kier molecular flexibility index (Phi) is 9.79. The second-order valence-corrected chi connectivity index (χ2v) is 9.57. The zero-order valence-electron chi connectivity index (χ0n) is 19.4. The molecule has 4 atom stereocenters. The minimum atomic E-state index is -0.219. The summed E-state index contributed by atoms with van der Waals surface area (Å²) in [5, 5.41) is 8.76. The number of nitrogens with two attached hydrogens (primary N) is 1. The van der Waals surface area contributed by atoms with Gasteiger partial charge in [-0.3, -0.25) is 4.79 Å². The lowest BCUT2D eigenvalue weighted by Crippen LogP contribution is -2.37. The monoisotopic (exact) mass is 419 g/mol. The predicted octanol–water partition coefficient (Wildman–Crippen LogP) is 4.01. The van der Waals surface area contributed by atoms with Gasteiger partial charge in [0.2, 0.25) is 0 Å². The zero-order valence-corrected chi connectivity index (χ0v) is 19.4. The van der Waals surface area contributed by atoms with Crippen molar-refractivity contribution in [2.75, 3.05) is 13.4 Å². The molecule has 1 aliphatic heterocycles. The molecular formula is C25H41NO4. The van der Waals surface area contributed by atoms with Gasteiger partial charge in [0.1, 0.15) is 12.9 Å². The SMILES string of the molecule is Cc1ccc(C[C@@H](C[C@H](N)[C@@H]2C[C@@H](C(C)C)C(=O)O2)C(C)C)cc1CCCOCO. The highest BCUT2D eigenvalue weighted by molar-refractivity contribution is 5.75. The molecule has 5 heteroatoms. The number of aliphatic hydroxyl groups excluding tert-OH is 1. The van der Waals surface area contributed by atoms with E-state index in [1.807, 2.05) is 0 Å². The molecule has 30 heavy (non-hydrogen) atoms. The third-order valence-corrected chi connectivity index (χ3v) is 6.59. The van der Waals surface area contributed by atoms with Gasteiger partial charge in [-0.1, -0.05) is 45.9 Å². The van der Waals surface area contributed by atoms with Gasteiger partial charge in [0.05, 0.1) is 5.92 Å². The molecule has 2 rings (SSSR count). The second-order valence-electron chi connectivity index (χ2n) is 9.57. The molecule has 1 aliphatic rings. The van der Waals surface area contributed by atoms with E-state index in [0.717, 1.165) is 32.1 Å². The molecular weight excluding hydrogens is 378 g/mol. The van der Waals surface area contributed by atoms with E-state index in [4.69, 9.17) is 20.3 Å². The molecule has 0 bridgehead atoms. The van der Waals surface area contributed by atoms with Gasteiger partial charge in [-0.2, -0.15) is 0 Å². The van der Waals surface area contributed by atoms with Crippen LogP contribution in [0.5, 0.6) is 0 Å². The molecule has 1 heterocycles. The van der Waals surface area contributed by atoms with Crippen LogP contribution in [-0.4, -0.2) is 36.6 Å². The van der Waals surface area contributed by atoms with E-state index >= 15 is 0 Å². The average molecular weight is 420 g/mol. The molecule has 0 spiro atoms. The molecule has 5 nitrogen and oxygen atoms in total. The molecule has 170 valence electrons. The van der Waals surface area contributed by atoms with Crippen molar-refractivity contribution < 1.29 is 19.4 Å². The lowest BCUT2D eigenvalue weighted by molar-refractivity contribution is -0.146. The minimum Gasteiger partial charge on any atom is -0.460 e. The maximum Gasteiger partial charge on any atom is 0.309 e. The van der Waals surface area contributed by atoms with Crippen molar-refractivity contribution in [2.45, 2.75) is 78.9 Å². The van der Waals surface area contributed by atoms with Crippen molar-refractivity contribution >= 4 is 5.97 Å². The number of carbonyl (C=O) groups excluding carboxylic acids is 1. The predicted molar refractivity (Wildman–Crippen MR) is 120 cm³/mol. The Labute approximate surface area is 182 Å². The summed E-state index contributed by atoms with van der Waals surface area (Å²) in [5.74, 6) is 1.12. The van der Waals surface area contributed by atoms with E-state index in [1.165, 1.54) is 16.7 Å². The molecule has 1 saturated heterocycles. The zero-order chi connectivity index (χ0) is 22.3. The molecule has 1 aromatic rings. The van der Waals surface area contributed by atoms with Crippen molar-refractivity contribution in [3.8, 4) is 0 Å². The standard InChI is InChI=1S/C25H41NO4/c1-16(2)21(13-23(26)24-14-22(17(3)4)25(28)30-24)12-19-9-8-18(5)20(11-19)7-6-10-29-15-27/h8-9,11,16-17,21-24,27H,6-7,10,12-15,26H2,1-5H3/t21-,22-,23-,24-/m0/s1. The first-order valence-corrected chi connectivity index (χ1v) is 11.5. The number of carbonyl (C=O) groups is 1. The molecule has 1 fully saturated rings. The van der Waals surface area contributed by atoms with Crippen molar-refractivity contribution in [2.24, 2.45) is 29.4 Å². The van der Waals surface area contributed by atoms with Crippen LogP contribution >= 0.6 is 0 Å². The van der Waals surface area contributed by atoms with Gasteiger partial charge >= 0.3 is 5.97 Å². The van der Waals surface area contributed by atoms with Crippen molar-refractivity contribution in [1.29, 1.82) is 0 Å². The number of hydrogen-bond donors (Lipinski definition) is 2. The fourth-order valence-corrected chi connectivity index (χ4v) is 4.38. The first kappa shape index (κ1) is 24.8. The Morgan fingerprint density at radius 2 is 2.00 bits per heavy atom. The fraction of sp³-hybridized carbons (Fsp3) is 0.720. The minimum absolute atomic E-state index is 0.0204. The quantitative estimate of drug-likeness (QED) is 0.304. The number of rotatable bonds is 12. The molecule has 0 aliphatic carbocycles. The largest absolute Gasteiger partial charge is 0.460 e. The van der Waals surface area contributed by atoms with Crippen LogP contribution in [-0.2, 0) is 27.1 Å². The lowest BCUT2D eigenvalue weighted by atomic mass is 9.81. The number of ether oxygens (including phenoxy) is 2.